The van der Waals surface area contributed by atoms with Crippen LogP contribution in [0.25, 0.3) is 0 Å². The van der Waals surface area contributed by atoms with Crippen LogP contribution in [0.4, 0.5) is 0 Å². The van der Waals surface area contributed by atoms with E-state index in [0.717, 1.165) is 17.7 Å². The molecule has 120 valence electrons. The Kier molecular flexibility index (Phi) is 5.41. The molecule has 2 N–H and O–H groups in total. The van der Waals surface area contributed by atoms with Gasteiger partial charge in [0.25, 0.3) is 0 Å². The largest absolute Gasteiger partial charge is 0.489 e. The Morgan fingerprint density at radius 3 is 2.64 bits per heavy atom. The summed E-state index contributed by atoms with van der Waals surface area (Å²) in [5, 5.41) is 11.8. The SMILES string of the molecule is CCC(CNC(=O)C1CCC1C(=O)O)Oc1cccc(C)c1. The summed E-state index contributed by atoms with van der Waals surface area (Å²) in [6, 6.07) is 7.78. The number of rotatable bonds is 7. The predicted molar refractivity (Wildman–Crippen MR) is 82.7 cm³/mol. The second-order valence-electron chi connectivity index (χ2n) is 5.84. The minimum absolute atomic E-state index is 0.117. The van der Waals surface area contributed by atoms with Crippen LogP contribution in [0.15, 0.2) is 24.3 Å². The maximum absolute atomic E-state index is 12.0. The molecular weight excluding hydrogens is 282 g/mol. The van der Waals surface area contributed by atoms with E-state index in [1.807, 2.05) is 38.1 Å². The number of amides is 1. The van der Waals surface area contributed by atoms with Crippen LogP contribution in [0, 0.1) is 18.8 Å². The van der Waals surface area contributed by atoms with E-state index in [1.165, 1.54) is 0 Å². The molecule has 1 amide bonds. The van der Waals surface area contributed by atoms with E-state index in [4.69, 9.17) is 9.84 Å². The molecule has 1 saturated carbocycles. The van der Waals surface area contributed by atoms with Gasteiger partial charge < -0.3 is 15.2 Å². The summed E-state index contributed by atoms with van der Waals surface area (Å²) in [5.74, 6) is -1.20. The average molecular weight is 305 g/mol. The zero-order valence-corrected chi connectivity index (χ0v) is 13.0. The van der Waals surface area contributed by atoms with E-state index in [0.29, 0.717) is 19.4 Å². The maximum atomic E-state index is 12.0. The summed E-state index contributed by atoms with van der Waals surface area (Å²) in [6.07, 6.45) is 1.89. The Hall–Kier alpha value is -2.04. The van der Waals surface area contributed by atoms with Gasteiger partial charge >= 0.3 is 5.97 Å². The third-order valence-electron chi connectivity index (χ3n) is 4.18. The van der Waals surface area contributed by atoms with E-state index in [-0.39, 0.29) is 12.0 Å². The molecule has 0 saturated heterocycles. The number of carbonyl (C=O) groups excluding carboxylic acids is 1. The molecule has 3 unspecified atom stereocenters. The fourth-order valence-corrected chi connectivity index (χ4v) is 2.61. The van der Waals surface area contributed by atoms with Gasteiger partial charge in [-0.25, -0.2) is 0 Å². The molecule has 22 heavy (non-hydrogen) atoms. The van der Waals surface area contributed by atoms with E-state index in [9.17, 15) is 9.59 Å². The topological polar surface area (TPSA) is 75.6 Å². The molecule has 1 fully saturated rings. The first-order valence-corrected chi connectivity index (χ1v) is 7.75. The van der Waals surface area contributed by atoms with Crippen molar-refractivity contribution in [3.05, 3.63) is 29.8 Å². The summed E-state index contributed by atoms with van der Waals surface area (Å²) in [6.45, 7) is 4.39. The third kappa shape index (κ3) is 4.00. The monoisotopic (exact) mass is 305 g/mol. The van der Waals surface area contributed by atoms with E-state index in [2.05, 4.69) is 5.32 Å². The zero-order valence-electron chi connectivity index (χ0n) is 13.0. The van der Waals surface area contributed by atoms with Gasteiger partial charge in [0.2, 0.25) is 5.91 Å². The highest BCUT2D eigenvalue weighted by Crippen LogP contribution is 2.34. The minimum Gasteiger partial charge on any atom is -0.489 e. The standard InChI is InChI=1S/C17H23NO4/c1-3-12(22-13-6-4-5-11(2)9-13)10-18-16(19)14-7-8-15(14)17(20)21/h4-6,9,12,14-15H,3,7-8,10H2,1-2H3,(H,18,19)(H,20,21). The smallest absolute Gasteiger partial charge is 0.307 e. The van der Waals surface area contributed by atoms with Crippen LogP contribution in [0.5, 0.6) is 5.75 Å². The van der Waals surface area contributed by atoms with Gasteiger partial charge in [0.1, 0.15) is 11.9 Å². The second kappa shape index (κ2) is 7.29. The lowest BCUT2D eigenvalue weighted by atomic mass is 9.73. The molecule has 0 bridgehead atoms. The van der Waals surface area contributed by atoms with Gasteiger partial charge in [0.15, 0.2) is 0 Å². The summed E-state index contributed by atoms with van der Waals surface area (Å²) in [7, 11) is 0. The van der Waals surface area contributed by atoms with Gasteiger partial charge in [-0.2, -0.15) is 0 Å². The van der Waals surface area contributed by atoms with Crippen LogP contribution in [-0.4, -0.2) is 29.6 Å². The molecule has 1 aromatic carbocycles. The van der Waals surface area contributed by atoms with Crippen molar-refractivity contribution in [1.29, 1.82) is 0 Å². The van der Waals surface area contributed by atoms with Crippen molar-refractivity contribution in [3.8, 4) is 5.75 Å². The number of hydrogen-bond acceptors (Lipinski definition) is 3. The van der Waals surface area contributed by atoms with Crippen molar-refractivity contribution in [2.45, 2.75) is 39.2 Å². The third-order valence-corrected chi connectivity index (χ3v) is 4.18. The number of aliphatic carboxylic acids is 1. The Morgan fingerprint density at radius 1 is 1.36 bits per heavy atom. The minimum atomic E-state index is -0.880. The fourth-order valence-electron chi connectivity index (χ4n) is 2.61. The molecule has 2 rings (SSSR count). The number of carbonyl (C=O) groups is 2. The first-order valence-electron chi connectivity index (χ1n) is 7.75. The van der Waals surface area contributed by atoms with Crippen LogP contribution < -0.4 is 10.1 Å². The van der Waals surface area contributed by atoms with Crippen LogP contribution in [0.3, 0.4) is 0 Å². The van der Waals surface area contributed by atoms with Crippen molar-refractivity contribution in [2.75, 3.05) is 6.54 Å². The van der Waals surface area contributed by atoms with Gasteiger partial charge in [-0.05, 0) is 43.9 Å². The molecule has 3 atom stereocenters. The molecule has 0 spiro atoms. The number of carboxylic acids is 1. The highest BCUT2D eigenvalue weighted by molar-refractivity contribution is 5.86. The van der Waals surface area contributed by atoms with Gasteiger partial charge in [-0.15, -0.1) is 0 Å². The van der Waals surface area contributed by atoms with Crippen molar-refractivity contribution in [2.24, 2.45) is 11.8 Å². The van der Waals surface area contributed by atoms with Gasteiger partial charge in [-0.3, -0.25) is 9.59 Å². The molecule has 0 aliphatic heterocycles. The molecule has 0 heterocycles. The molecule has 1 aliphatic carbocycles. The van der Waals surface area contributed by atoms with Crippen molar-refractivity contribution in [3.63, 3.8) is 0 Å². The molecule has 1 aromatic rings. The second-order valence-corrected chi connectivity index (χ2v) is 5.84. The molecule has 0 radical (unpaired) electrons. The summed E-state index contributed by atoms with van der Waals surface area (Å²) < 4.78 is 5.87. The number of nitrogens with one attached hydrogen (secondary N) is 1. The fraction of sp³-hybridized carbons (Fsp3) is 0.529. The molecule has 0 aromatic heterocycles. The lowest BCUT2D eigenvalue weighted by Gasteiger charge is -2.32. The van der Waals surface area contributed by atoms with E-state index in [1.54, 1.807) is 0 Å². The predicted octanol–water partition coefficient (Wildman–Crippen LogP) is 2.38. The molecule has 5 heteroatoms. The van der Waals surface area contributed by atoms with E-state index >= 15 is 0 Å². The number of hydrogen-bond donors (Lipinski definition) is 2. The zero-order chi connectivity index (χ0) is 16.1. The lowest BCUT2D eigenvalue weighted by Crippen LogP contribution is -2.46. The van der Waals surface area contributed by atoms with Crippen molar-refractivity contribution < 1.29 is 19.4 Å². The Balaban J connectivity index is 1.83. The van der Waals surface area contributed by atoms with Crippen LogP contribution in [0.1, 0.15) is 31.7 Å². The average Bonchev–Trinajstić information content (AvgIpc) is 2.41. The highest BCUT2D eigenvalue weighted by atomic mass is 16.5. The first-order chi connectivity index (χ1) is 10.5. The summed E-state index contributed by atoms with van der Waals surface area (Å²) in [5.41, 5.74) is 1.12. The van der Waals surface area contributed by atoms with Gasteiger partial charge in [0, 0.05) is 0 Å². The van der Waals surface area contributed by atoms with Crippen LogP contribution in [0.2, 0.25) is 0 Å². The Labute approximate surface area is 130 Å². The maximum Gasteiger partial charge on any atom is 0.307 e. The number of aryl methyl sites for hydroxylation is 1. The van der Waals surface area contributed by atoms with E-state index < -0.39 is 17.8 Å². The summed E-state index contributed by atoms with van der Waals surface area (Å²) in [4.78, 5) is 23.0. The van der Waals surface area contributed by atoms with Crippen LogP contribution >= 0.6 is 0 Å². The normalized spacial score (nSPS) is 21.5. The number of benzene rings is 1. The molecule has 1 aliphatic rings. The van der Waals surface area contributed by atoms with Crippen LogP contribution in [-0.2, 0) is 9.59 Å². The Morgan fingerprint density at radius 2 is 2.09 bits per heavy atom. The molecular formula is C17H23NO4. The summed E-state index contributed by atoms with van der Waals surface area (Å²) >= 11 is 0. The highest BCUT2D eigenvalue weighted by Gasteiger charge is 2.41. The van der Waals surface area contributed by atoms with Gasteiger partial charge in [-0.1, -0.05) is 19.1 Å². The lowest BCUT2D eigenvalue weighted by molar-refractivity contribution is -0.152. The number of carboxylic acid groups (broad SMARTS) is 1. The Bertz CT molecular complexity index is 543. The quantitative estimate of drug-likeness (QED) is 0.811. The van der Waals surface area contributed by atoms with Gasteiger partial charge in [0.05, 0.1) is 18.4 Å². The van der Waals surface area contributed by atoms with Crippen molar-refractivity contribution >= 4 is 11.9 Å². The first kappa shape index (κ1) is 16.3. The number of ether oxygens (including phenoxy) is 1. The van der Waals surface area contributed by atoms with Crippen molar-refractivity contribution in [1.82, 2.24) is 5.32 Å². The molecule has 5 nitrogen and oxygen atoms in total.